The van der Waals surface area contributed by atoms with Gasteiger partial charge in [-0.25, -0.2) is 4.98 Å². The molecule has 0 bridgehead atoms. The number of para-hydroxylation sites is 2. The highest BCUT2D eigenvalue weighted by Gasteiger charge is 2.10. The lowest BCUT2D eigenvalue weighted by molar-refractivity contribution is 0.632. The van der Waals surface area contributed by atoms with Crippen molar-refractivity contribution in [3.05, 3.63) is 54.0 Å². The van der Waals surface area contributed by atoms with Crippen molar-refractivity contribution < 1.29 is 4.42 Å². The Bertz CT molecular complexity index is 811. The van der Waals surface area contributed by atoms with Crippen LogP contribution in [0, 0.1) is 0 Å². The molecule has 2 aromatic carbocycles. The molecule has 0 spiro atoms. The van der Waals surface area contributed by atoms with Gasteiger partial charge >= 0.3 is 0 Å². The predicted octanol–water partition coefficient (Wildman–Crippen LogP) is 4.71. The highest BCUT2D eigenvalue weighted by Crippen LogP contribution is 2.33. The van der Waals surface area contributed by atoms with Crippen molar-refractivity contribution in [3.63, 3.8) is 0 Å². The highest BCUT2D eigenvalue weighted by molar-refractivity contribution is 7.16. The van der Waals surface area contributed by atoms with Crippen molar-refractivity contribution in [2.24, 2.45) is 0 Å². The number of thiazole rings is 1. The summed E-state index contributed by atoms with van der Waals surface area (Å²) >= 11 is 1.65. The Kier molecular flexibility index (Phi) is 2.02. The summed E-state index contributed by atoms with van der Waals surface area (Å²) in [5, 5.41) is 1.12. The largest absolute Gasteiger partial charge is 0.456 e. The summed E-state index contributed by atoms with van der Waals surface area (Å²) in [7, 11) is 0. The summed E-state index contributed by atoms with van der Waals surface area (Å²) < 4.78 is 7.08. The first-order valence-corrected chi connectivity index (χ1v) is 6.61. The van der Waals surface area contributed by atoms with Gasteiger partial charge in [-0.3, -0.25) is 0 Å². The minimum Gasteiger partial charge on any atom is -0.456 e. The van der Waals surface area contributed by atoms with Gasteiger partial charge in [0.2, 0.25) is 0 Å². The van der Waals surface area contributed by atoms with E-state index in [4.69, 9.17) is 4.42 Å². The lowest BCUT2D eigenvalue weighted by Gasteiger charge is -1.97. The van der Waals surface area contributed by atoms with Crippen LogP contribution < -0.4 is 0 Å². The van der Waals surface area contributed by atoms with Crippen molar-refractivity contribution in [2.75, 3.05) is 0 Å². The maximum atomic E-state index is 5.90. The van der Waals surface area contributed by atoms with Crippen LogP contribution in [-0.4, -0.2) is 4.98 Å². The molecule has 3 heteroatoms. The number of hydrogen-bond acceptors (Lipinski definition) is 3. The van der Waals surface area contributed by atoms with Crippen molar-refractivity contribution in [2.45, 2.75) is 0 Å². The van der Waals surface area contributed by atoms with E-state index in [1.165, 1.54) is 4.70 Å². The molecule has 4 rings (SSSR count). The zero-order valence-corrected chi connectivity index (χ0v) is 10.3. The molecule has 0 aliphatic heterocycles. The van der Waals surface area contributed by atoms with Crippen LogP contribution in [0.2, 0.25) is 0 Å². The van der Waals surface area contributed by atoms with Crippen molar-refractivity contribution in [1.82, 2.24) is 4.98 Å². The molecule has 0 atom stereocenters. The third kappa shape index (κ3) is 1.38. The molecule has 0 aliphatic carbocycles. The van der Waals surface area contributed by atoms with Gasteiger partial charge in [-0.15, -0.1) is 11.3 Å². The van der Waals surface area contributed by atoms with Gasteiger partial charge in [-0.1, -0.05) is 24.3 Å². The van der Waals surface area contributed by atoms with Crippen LogP contribution in [0.25, 0.3) is 32.5 Å². The number of furan rings is 1. The van der Waals surface area contributed by atoms with E-state index in [9.17, 15) is 0 Å². The number of benzene rings is 2. The van der Waals surface area contributed by atoms with Crippen LogP contribution in [0.15, 0.2) is 58.5 Å². The molecular weight excluding hydrogens is 242 g/mol. The molecule has 2 heterocycles. The molecule has 4 aromatic rings. The van der Waals surface area contributed by atoms with Gasteiger partial charge in [0.15, 0.2) is 0 Å². The van der Waals surface area contributed by atoms with Crippen LogP contribution in [0.5, 0.6) is 0 Å². The summed E-state index contributed by atoms with van der Waals surface area (Å²) in [4.78, 5) is 4.42. The monoisotopic (exact) mass is 251 g/mol. The van der Waals surface area contributed by atoms with Crippen molar-refractivity contribution in [1.29, 1.82) is 0 Å². The van der Waals surface area contributed by atoms with Crippen molar-refractivity contribution >= 4 is 32.5 Å². The molecule has 2 nitrogen and oxygen atoms in total. The average molecular weight is 251 g/mol. The predicted molar refractivity (Wildman–Crippen MR) is 74.8 cm³/mol. The molecule has 0 fully saturated rings. The molecular formula is C15H9NOS. The van der Waals surface area contributed by atoms with Gasteiger partial charge in [-0.2, -0.15) is 0 Å². The number of hydrogen-bond donors (Lipinski definition) is 0. The highest BCUT2D eigenvalue weighted by atomic mass is 32.1. The number of nitrogens with zero attached hydrogens (tertiary/aromatic N) is 1. The second-order valence-corrected chi connectivity index (χ2v) is 5.04. The SMILES string of the molecule is c1ccc2oc(-c3cccc4scnc34)cc2c1. The summed E-state index contributed by atoms with van der Waals surface area (Å²) in [6.45, 7) is 0. The van der Waals surface area contributed by atoms with E-state index in [1.807, 2.05) is 29.8 Å². The van der Waals surface area contributed by atoms with Gasteiger partial charge in [0.1, 0.15) is 11.3 Å². The minimum atomic E-state index is 0.882. The molecule has 0 amide bonds. The van der Waals surface area contributed by atoms with E-state index in [2.05, 4.69) is 29.2 Å². The number of fused-ring (bicyclic) bond motifs is 2. The molecule has 0 unspecified atom stereocenters. The normalized spacial score (nSPS) is 11.3. The number of rotatable bonds is 1. The van der Waals surface area contributed by atoms with Gasteiger partial charge in [0.25, 0.3) is 0 Å². The zero-order valence-electron chi connectivity index (χ0n) is 9.46. The molecule has 0 saturated heterocycles. The van der Waals surface area contributed by atoms with Crippen LogP contribution in [0.1, 0.15) is 0 Å². The Morgan fingerprint density at radius 2 is 1.94 bits per heavy atom. The Morgan fingerprint density at radius 1 is 1.00 bits per heavy atom. The summed E-state index contributed by atoms with van der Waals surface area (Å²) in [5.74, 6) is 0.882. The van der Waals surface area contributed by atoms with Crippen molar-refractivity contribution in [3.8, 4) is 11.3 Å². The molecule has 18 heavy (non-hydrogen) atoms. The van der Waals surface area contributed by atoms with E-state index in [0.29, 0.717) is 0 Å². The second kappa shape index (κ2) is 3.68. The summed E-state index contributed by atoms with van der Waals surface area (Å²) in [5.41, 5.74) is 4.86. The molecule has 0 saturated carbocycles. The van der Waals surface area contributed by atoms with Gasteiger partial charge in [0, 0.05) is 10.9 Å². The fraction of sp³-hybridized carbons (Fsp3) is 0. The average Bonchev–Trinajstić information content (AvgIpc) is 3.04. The van der Waals surface area contributed by atoms with E-state index >= 15 is 0 Å². The first-order chi connectivity index (χ1) is 8.92. The molecule has 2 aromatic heterocycles. The lowest BCUT2D eigenvalue weighted by atomic mass is 10.1. The maximum absolute atomic E-state index is 5.90. The van der Waals surface area contributed by atoms with E-state index in [-0.39, 0.29) is 0 Å². The topological polar surface area (TPSA) is 26.0 Å². The fourth-order valence-corrected chi connectivity index (χ4v) is 2.90. The summed E-state index contributed by atoms with van der Waals surface area (Å²) in [6.07, 6.45) is 0. The van der Waals surface area contributed by atoms with Gasteiger partial charge in [-0.05, 0) is 24.3 Å². The van der Waals surface area contributed by atoms with Crippen LogP contribution in [0.4, 0.5) is 0 Å². The van der Waals surface area contributed by atoms with Crippen LogP contribution >= 0.6 is 11.3 Å². The lowest BCUT2D eigenvalue weighted by Crippen LogP contribution is -1.76. The van der Waals surface area contributed by atoms with E-state index in [1.54, 1.807) is 11.3 Å². The Labute approximate surface area is 108 Å². The molecule has 0 N–H and O–H groups in total. The van der Waals surface area contributed by atoms with Crippen LogP contribution in [0.3, 0.4) is 0 Å². The van der Waals surface area contributed by atoms with Gasteiger partial charge < -0.3 is 4.42 Å². The minimum absolute atomic E-state index is 0.882. The standard InChI is InChI=1S/C15H9NOS/c1-2-6-12-10(4-1)8-13(17-12)11-5-3-7-14-15(11)16-9-18-14/h1-9H. The Morgan fingerprint density at radius 3 is 2.89 bits per heavy atom. The third-order valence-corrected chi connectivity index (χ3v) is 3.85. The zero-order chi connectivity index (χ0) is 11.9. The quantitative estimate of drug-likeness (QED) is 0.489. The van der Waals surface area contributed by atoms with Crippen LogP contribution in [-0.2, 0) is 0 Å². The van der Waals surface area contributed by atoms with E-state index in [0.717, 1.165) is 27.8 Å². The van der Waals surface area contributed by atoms with E-state index < -0.39 is 0 Å². The first kappa shape index (κ1) is 9.85. The second-order valence-electron chi connectivity index (χ2n) is 4.15. The maximum Gasteiger partial charge on any atom is 0.137 e. The molecule has 0 radical (unpaired) electrons. The fourth-order valence-electron chi connectivity index (χ4n) is 2.20. The summed E-state index contributed by atoms with van der Waals surface area (Å²) in [6, 6.07) is 16.3. The van der Waals surface area contributed by atoms with Gasteiger partial charge in [0.05, 0.1) is 15.7 Å². The Balaban J connectivity index is 2.04. The molecule has 0 aliphatic rings. The number of aromatic nitrogens is 1. The Hall–Kier alpha value is -2.13. The first-order valence-electron chi connectivity index (χ1n) is 5.73. The molecule has 86 valence electrons. The smallest absolute Gasteiger partial charge is 0.137 e. The third-order valence-electron chi connectivity index (χ3n) is 3.05.